The Kier molecular flexibility index (Phi) is 4.21. The molecule has 0 saturated carbocycles. The van der Waals surface area contributed by atoms with E-state index in [1.807, 2.05) is 0 Å². The van der Waals surface area contributed by atoms with Crippen molar-refractivity contribution in [3.8, 4) is 5.75 Å². The summed E-state index contributed by atoms with van der Waals surface area (Å²) in [6.45, 7) is 2.44. The van der Waals surface area contributed by atoms with Crippen molar-refractivity contribution in [3.63, 3.8) is 0 Å². The Bertz CT molecular complexity index is 404. The average Bonchev–Trinajstić information content (AvgIpc) is 2.30. The Morgan fingerprint density at radius 1 is 1.18 bits per heavy atom. The molecule has 0 aliphatic carbocycles. The van der Waals surface area contributed by atoms with E-state index in [1.165, 1.54) is 47.9 Å². The van der Waals surface area contributed by atoms with Crippen LogP contribution in [-0.2, 0) is 6.42 Å². The molecule has 0 amide bonds. The van der Waals surface area contributed by atoms with Crippen LogP contribution in [0.15, 0.2) is 18.2 Å². The van der Waals surface area contributed by atoms with Crippen LogP contribution >= 0.6 is 22.6 Å². The number of fused-ring (bicyclic) bond motifs is 1. The van der Waals surface area contributed by atoms with E-state index in [4.69, 9.17) is 4.74 Å². The number of quaternary nitrogens is 1. The third-order valence-electron chi connectivity index (χ3n) is 3.84. The van der Waals surface area contributed by atoms with Crippen molar-refractivity contribution >= 4 is 22.6 Å². The molecule has 2 aliphatic rings. The Balaban J connectivity index is 0.00000108. The normalized spacial score (nSPS) is 21.2. The quantitative estimate of drug-likeness (QED) is 0.569. The first-order chi connectivity index (χ1) is 7.79. The van der Waals surface area contributed by atoms with E-state index >= 15 is 0 Å². The topological polar surface area (TPSA) is 25.8 Å². The Morgan fingerprint density at radius 3 is 2.71 bits per heavy atom. The zero-order chi connectivity index (χ0) is 11.0. The SMILES string of the molecule is Ic1cccc2c1CCC1(CC[NH2+]CC1)O2.[Cl-]. The van der Waals surface area contributed by atoms with E-state index in [9.17, 15) is 0 Å². The molecule has 2 heterocycles. The highest BCUT2D eigenvalue weighted by atomic mass is 127. The molecule has 0 aromatic heterocycles. The van der Waals surface area contributed by atoms with Crippen LogP contribution in [0.2, 0.25) is 0 Å². The van der Waals surface area contributed by atoms with Gasteiger partial charge in [-0.3, -0.25) is 0 Å². The van der Waals surface area contributed by atoms with Gasteiger partial charge in [-0.25, -0.2) is 0 Å². The number of hydrogen-bond donors (Lipinski definition) is 1. The summed E-state index contributed by atoms with van der Waals surface area (Å²) in [5, 5.41) is 2.40. The average molecular weight is 366 g/mol. The molecule has 2 N–H and O–H groups in total. The van der Waals surface area contributed by atoms with Gasteiger partial charge >= 0.3 is 0 Å². The van der Waals surface area contributed by atoms with Crippen LogP contribution in [0, 0.1) is 3.57 Å². The van der Waals surface area contributed by atoms with Gasteiger partial charge in [-0.2, -0.15) is 0 Å². The van der Waals surface area contributed by atoms with E-state index in [0.29, 0.717) is 0 Å². The molecule has 1 aromatic rings. The number of ether oxygens (including phenoxy) is 1. The lowest BCUT2D eigenvalue weighted by Gasteiger charge is -2.40. The maximum atomic E-state index is 6.32. The molecule has 1 spiro atoms. The minimum Gasteiger partial charge on any atom is -1.00 e. The smallest absolute Gasteiger partial charge is 0.124 e. The standard InChI is InChI=1S/C13H16INO.ClH/c14-11-2-1-3-12-10(11)4-5-13(16-12)6-8-15-9-7-13;/h1-3,15H,4-9H2;1H. The molecule has 0 atom stereocenters. The molecule has 2 aliphatic heterocycles. The molecule has 3 rings (SSSR count). The van der Waals surface area contributed by atoms with Gasteiger partial charge < -0.3 is 22.5 Å². The van der Waals surface area contributed by atoms with Crippen molar-refractivity contribution in [2.24, 2.45) is 0 Å². The highest BCUT2D eigenvalue weighted by Crippen LogP contribution is 2.39. The van der Waals surface area contributed by atoms with Gasteiger partial charge in [-0.05, 0) is 47.6 Å². The molecule has 17 heavy (non-hydrogen) atoms. The lowest BCUT2D eigenvalue weighted by Crippen LogP contribution is -3.00. The van der Waals surface area contributed by atoms with E-state index in [0.717, 1.165) is 5.75 Å². The van der Waals surface area contributed by atoms with Crippen LogP contribution in [0.1, 0.15) is 24.8 Å². The van der Waals surface area contributed by atoms with Crippen molar-refractivity contribution in [3.05, 3.63) is 27.3 Å². The van der Waals surface area contributed by atoms with Gasteiger partial charge in [0, 0.05) is 22.0 Å². The summed E-state index contributed by atoms with van der Waals surface area (Å²) in [4.78, 5) is 0. The fourth-order valence-electron chi connectivity index (χ4n) is 2.87. The number of rotatable bonds is 0. The summed E-state index contributed by atoms with van der Waals surface area (Å²) < 4.78 is 7.67. The van der Waals surface area contributed by atoms with Crippen LogP contribution in [0.25, 0.3) is 0 Å². The van der Waals surface area contributed by atoms with Crippen molar-refractivity contribution < 1.29 is 22.5 Å². The maximum Gasteiger partial charge on any atom is 0.124 e. The Morgan fingerprint density at radius 2 is 1.94 bits per heavy atom. The van der Waals surface area contributed by atoms with Crippen molar-refractivity contribution in [2.75, 3.05) is 13.1 Å². The number of halogens is 2. The van der Waals surface area contributed by atoms with Crippen molar-refractivity contribution in [2.45, 2.75) is 31.3 Å². The van der Waals surface area contributed by atoms with Gasteiger partial charge in [0.2, 0.25) is 0 Å². The molecular formula is C13H17ClINO. The minimum absolute atomic E-state index is 0. The second-order valence-corrected chi connectivity index (χ2v) is 6.03. The fraction of sp³-hybridized carbons (Fsp3) is 0.538. The van der Waals surface area contributed by atoms with E-state index in [2.05, 4.69) is 46.1 Å². The van der Waals surface area contributed by atoms with Gasteiger partial charge in [-0.1, -0.05) is 6.07 Å². The van der Waals surface area contributed by atoms with Crippen LogP contribution in [0.5, 0.6) is 5.75 Å². The summed E-state index contributed by atoms with van der Waals surface area (Å²) in [5.41, 5.74) is 1.58. The van der Waals surface area contributed by atoms with Crippen molar-refractivity contribution in [1.29, 1.82) is 0 Å². The monoisotopic (exact) mass is 365 g/mol. The molecule has 1 fully saturated rings. The summed E-state index contributed by atoms with van der Waals surface area (Å²) in [5.74, 6) is 1.14. The largest absolute Gasteiger partial charge is 1.00 e. The molecular weight excluding hydrogens is 349 g/mol. The molecule has 1 saturated heterocycles. The lowest BCUT2D eigenvalue weighted by atomic mass is 9.84. The number of piperidine rings is 1. The van der Waals surface area contributed by atoms with Crippen LogP contribution in [0.3, 0.4) is 0 Å². The highest BCUT2D eigenvalue weighted by molar-refractivity contribution is 14.1. The van der Waals surface area contributed by atoms with Crippen molar-refractivity contribution in [1.82, 2.24) is 0 Å². The minimum atomic E-state index is 0. The van der Waals surface area contributed by atoms with Gasteiger partial charge in [-0.15, -0.1) is 0 Å². The summed E-state index contributed by atoms with van der Waals surface area (Å²) in [6.07, 6.45) is 4.80. The third-order valence-corrected chi connectivity index (χ3v) is 4.85. The first-order valence-corrected chi connectivity index (χ1v) is 7.15. The fourth-order valence-corrected chi connectivity index (χ4v) is 3.61. The Labute approximate surface area is 122 Å². The van der Waals surface area contributed by atoms with Gasteiger partial charge in [0.1, 0.15) is 11.4 Å². The van der Waals surface area contributed by atoms with Gasteiger partial charge in [0.15, 0.2) is 0 Å². The first-order valence-electron chi connectivity index (χ1n) is 6.07. The summed E-state index contributed by atoms with van der Waals surface area (Å²) in [6, 6.07) is 6.42. The van der Waals surface area contributed by atoms with Crippen LogP contribution in [-0.4, -0.2) is 18.7 Å². The third kappa shape index (κ3) is 2.56. The zero-order valence-electron chi connectivity index (χ0n) is 9.72. The Hall–Kier alpha value is -0.0000000000000000555. The van der Waals surface area contributed by atoms with Gasteiger partial charge in [0.25, 0.3) is 0 Å². The molecule has 4 heteroatoms. The molecule has 0 radical (unpaired) electrons. The second-order valence-electron chi connectivity index (χ2n) is 4.87. The summed E-state index contributed by atoms with van der Waals surface area (Å²) in [7, 11) is 0. The lowest BCUT2D eigenvalue weighted by molar-refractivity contribution is -0.667. The predicted molar refractivity (Wildman–Crippen MR) is 71.7 cm³/mol. The molecule has 0 bridgehead atoms. The van der Waals surface area contributed by atoms with Gasteiger partial charge in [0.05, 0.1) is 13.1 Å². The molecule has 2 nitrogen and oxygen atoms in total. The van der Waals surface area contributed by atoms with E-state index < -0.39 is 0 Å². The molecule has 1 aromatic carbocycles. The van der Waals surface area contributed by atoms with Crippen LogP contribution in [0.4, 0.5) is 0 Å². The maximum absolute atomic E-state index is 6.32. The molecule has 94 valence electrons. The number of benzene rings is 1. The zero-order valence-corrected chi connectivity index (χ0v) is 12.6. The number of hydrogen-bond acceptors (Lipinski definition) is 1. The highest BCUT2D eigenvalue weighted by Gasteiger charge is 2.39. The number of nitrogens with two attached hydrogens (primary N) is 1. The first kappa shape index (κ1) is 13.4. The van der Waals surface area contributed by atoms with E-state index in [1.54, 1.807) is 0 Å². The van der Waals surface area contributed by atoms with E-state index in [-0.39, 0.29) is 18.0 Å². The summed E-state index contributed by atoms with van der Waals surface area (Å²) >= 11 is 2.42. The van der Waals surface area contributed by atoms with Crippen LogP contribution < -0.4 is 22.5 Å². The second kappa shape index (κ2) is 5.33. The molecule has 0 unspecified atom stereocenters. The predicted octanol–water partition coefficient (Wildman–Crippen LogP) is -1.28.